The van der Waals surface area contributed by atoms with Gasteiger partial charge in [-0.15, -0.1) is 0 Å². The van der Waals surface area contributed by atoms with Crippen LogP contribution in [0.1, 0.15) is 16.7 Å². The zero-order valence-electron chi connectivity index (χ0n) is 17.8. The first-order valence-corrected chi connectivity index (χ1v) is 12.1. The van der Waals surface area contributed by atoms with Crippen molar-refractivity contribution in [3.8, 4) is 17.6 Å². The summed E-state index contributed by atoms with van der Waals surface area (Å²) in [5.74, 6) is 0.549. The van der Waals surface area contributed by atoms with Gasteiger partial charge in [-0.2, -0.15) is 5.26 Å². The van der Waals surface area contributed by atoms with Gasteiger partial charge in [0.2, 0.25) is 0 Å². The van der Waals surface area contributed by atoms with E-state index in [-0.39, 0.29) is 5.57 Å². The van der Waals surface area contributed by atoms with E-state index < -0.39 is 5.91 Å². The van der Waals surface area contributed by atoms with Gasteiger partial charge in [0.25, 0.3) is 5.91 Å². The fraction of sp³-hybridized carbons (Fsp3) is 0.120. The van der Waals surface area contributed by atoms with Crippen molar-refractivity contribution in [1.29, 1.82) is 5.26 Å². The Balaban J connectivity index is 1.78. The van der Waals surface area contributed by atoms with E-state index >= 15 is 0 Å². The maximum absolute atomic E-state index is 12.7. The number of nitrogens with zero attached hydrogens (tertiary/aromatic N) is 1. The number of ether oxygens (including phenoxy) is 2. The van der Waals surface area contributed by atoms with Crippen molar-refractivity contribution in [2.75, 3.05) is 12.4 Å². The third-order valence-corrected chi connectivity index (χ3v) is 6.38. The van der Waals surface area contributed by atoms with E-state index in [1.165, 1.54) is 6.08 Å². The van der Waals surface area contributed by atoms with Crippen LogP contribution in [0.2, 0.25) is 0 Å². The van der Waals surface area contributed by atoms with Crippen LogP contribution in [0, 0.1) is 18.3 Å². The molecule has 0 saturated heterocycles. The molecule has 0 radical (unpaired) electrons. The molecule has 5 nitrogen and oxygen atoms in total. The summed E-state index contributed by atoms with van der Waals surface area (Å²) in [7, 11) is 1.54. The number of hydrogen-bond donors (Lipinski definition) is 1. The molecule has 168 valence electrons. The Morgan fingerprint density at radius 3 is 2.30 bits per heavy atom. The van der Waals surface area contributed by atoms with Crippen molar-refractivity contribution in [3.05, 3.63) is 90.3 Å². The van der Waals surface area contributed by atoms with E-state index in [1.54, 1.807) is 25.3 Å². The molecule has 3 rings (SSSR count). The van der Waals surface area contributed by atoms with Gasteiger partial charge >= 0.3 is 0 Å². The summed E-state index contributed by atoms with van der Waals surface area (Å²) in [6, 6.07) is 18.8. The molecule has 8 heteroatoms. The Kier molecular flexibility index (Phi) is 8.73. The van der Waals surface area contributed by atoms with E-state index in [0.29, 0.717) is 38.3 Å². The average molecular weight is 635 g/mol. The molecule has 1 N–H and O–H groups in total. The monoisotopic (exact) mass is 632 g/mol. The van der Waals surface area contributed by atoms with E-state index in [1.807, 2.05) is 49.4 Å². The number of methoxy groups -OCH3 is 1. The van der Waals surface area contributed by atoms with Gasteiger partial charge in [0.05, 0.1) is 12.8 Å². The lowest BCUT2D eigenvalue weighted by molar-refractivity contribution is -0.112. The van der Waals surface area contributed by atoms with Gasteiger partial charge in [-0.05, 0) is 97.9 Å². The molecule has 0 unspecified atom stereocenters. The Hall–Kier alpha value is -2.60. The average Bonchev–Trinajstić information content (AvgIpc) is 2.79. The van der Waals surface area contributed by atoms with Crippen LogP contribution in [0.5, 0.6) is 11.5 Å². The Morgan fingerprint density at radius 1 is 1.03 bits per heavy atom. The smallest absolute Gasteiger partial charge is 0.266 e. The highest BCUT2D eigenvalue weighted by Gasteiger charge is 2.15. The SMILES string of the molecule is COc1cc(/C=C(\C#N)C(=O)Nc2c(Br)cc(C)cc2Br)ccc1OCc1ccc(Br)cc1. The predicted molar refractivity (Wildman–Crippen MR) is 140 cm³/mol. The van der Waals surface area contributed by atoms with Gasteiger partial charge in [0, 0.05) is 13.4 Å². The Labute approximate surface area is 217 Å². The zero-order valence-corrected chi connectivity index (χ0v) is 22.5. The number of carbonyl (C=O) groups is 1. The predicted octanol–water partition coefficient (Wildman–Crippen LogP) is 7.42. The van der Waals surface area contributed by atoms with Crippen LogP contribution in [0.25, 0.3) is 6.08 Å². The molecule has 0 fully saturated rings. The van der Waals surface area contributed by atoms with E-state index in [2.05, 4.69) is 53.1 Å². The maximum Gasteiger partial charge on any atom is 0.266 e. The highest BCUT2D eigenvalue weighted by Crippen LogP contribution is 2.33. The summed E-state index contributed by atoms with van der Waals surface area (Å²) < 4.78 is 13.8. The number of rotatable bonds is 7. The molecular formula is C25H19Br3N2O3. The summed E-state index contributed by atoms with van der Waals surface area (Å²) in [5.41, 5.74) is 3.19. The molecule has 0 aliphatic rings. The van der Waals surface area contributed by atoms with E-state index in [9.17, 15) is 10.1 Å². The number of carbonyl (C=O) groups excluding carboxylic acids is 1. The molecule has 0 spiro atoms. The highest BCUT2D eigenvalue weighted by molar-refractivity contribution is 9.11. The van der Waals surface area contributed by atoms with Crippen molar-refractivity contribution in [2.45, 2.75) is 13.5 Å². The van der Waals surface area contributed by atoms with Gasteiger partial charge in [-0.25, -0.2) is 0 Å². The van der Waals surface area contributed by atoms with Gasteiger partial charge in [-0.1, -0.05) is 34.1 Å². The summed E-state index contributed by atoms with van der Waals surface area (Å²) in [5, 5.41) is 12.3. The molecule has 0 saturated carbocycles. The minimum atomic E-state index is -0.516. The minimum Gasteiger partial charge on any atom is -0.493 e. The minimum absolute atomic E-state index is 0.0417. The number of aryl methyl sites for hydroxylation is 1. The van der Waals surface area contributed by atoms with Gasteiger partial charge < -0.3 is 14.8 Å². The second-order valence-corrected chi connectivity index (χ2v) is 9.68. The van der Waals surface area contributed by atoms with Crippen molar-refractivity contribution in [3.63, 3.8) is 0 Å². The van der Waals surface area contributed by atoms with Crippen LogP contribution in [-0.4, -0.2) is 13.0 Å². The van der Waals surface area contributed by atoms with Crippen LogP contribution >= 0.6 is 47.8 Å². The first kappa shape index (κ1) is 25.0. The van der Waals surface area contributed by atoms with Crippen molar-refractivity contribution in [1.82, 2.24) is 0 Å². The highest BCUT2D eigenvalue weighted by atomic mass is 79.9. The largest absolute Gasteiger partial charge is 0.493 e. The van der Waals surface area contributed by atoms with Crippen LogP contribution in [0.4, 0.5) is 5.69 Å². The molecular weight excluding hydrogens is 616 g/mol. The van der Waals surface area contributed by atoms with Gasteiger partial charge in [0.1, 0.15) is 18.2 Å². The summed E-state index contributed by atoms with van der Waals surface area (Å²) >= 11 is 10.3. The maximum atomic E-state index is 12.7. The second kappa shape index (κ2) is 11.5. The van der Waals surface area contributed by atoms with E-state index in [0.717, 1.165) is 15.6 Å². The fourth-order valence-electron chi connectivity index (χ4n) is 2.95. The van der Waals surface area contributed by atoms with Crippen molar-refractivity contribution < 1.29 is 14.3 Å². The normalized spacial score (nSPS) is 11.0. The third kappa shape index (κ3) is 6.70. The second-order valence-electron chi connectivity index (χ2n) is 7.05. The lowest BCUT2D eigenvalue weighted by Gasteiger charge is -2.12. The third-order valence-electron chi connectivity index (χ3n) is 4.60. The number of benzene rings is 3. The summed E-state index contributed by atoms with van der Waals surface area (Å²) in [6.45, 7) is 2.33. The Bertz CT molecular complexity index is 1230. The van der Waals surface area contributed by atoms with Crippen LogP contribution in [-0.2, 0) is 11.4 Å². The molecule has 33 heavy (non-hydrogen) atoms. The molecule has 0 bridgehead atoms. The Morgan fingerprint density at radius 2 is 1.70 bits per heavy atom. The molecule has 1 amide bonds. The van der Waals surface area contributed by atoms with Crippen LogP contribution in [0.15, 0.2) is 73.6 Å². The topological polar surface area (TPSA) is 71.3 Å². The molecule has 0 heterocycles. The molecule has 0 atom stereocenters. The first-order valence-electron chi connectivity index (χ1n) is 9.74. The number of anilines is 1. The fourth-order valence-corrected chi connectivity index (χ4v) is 4.83. The van der Waals surface area contributed by atoms with Crippen LogP contribution in [0.3, 0.4) is 0 Å². The number of halogens is 3. The quantitative estimate of drug-likeness (QED) is 0.217. The summed E-state index contributed by atoms with van der Waals surface area (Å²) in [6.07, 6.45) is 1.51. The first-order chi connectivity index (χ1) is 15.8. The van der Waals surface area contributed by atoms with Gasteiger partial charge in [-0.3, -0.25) is 4.79 Å². The molecule has 0 aliphatic heterocycles. The molecule has 3 aromatic rings. The lowest BCUT2D eigenvalue weighted by atomic mass is 10.1. The standard InChI is InChI=1S/C25H19Br3N2O3/c1-15-9-20(27)24(21(28)10-15)30-25(31)18(13-29)11-17-5-8-22(23(12-17)32-2)33-14-16-3-6-19(26)7-4-16/h3-12H,14H2,1-2H3,(H,30,31)/b18-11+. The summed E-state index contributed by atoms with van der Waals surface area (Å²) in [4.78, 5) is 12.7. The number of nitrogens with one attached hydrogen (secondary N) is 1. The molecule has 0 aromatic heterocycles. The lowest BCUT2D eigenvalue weighted by Crippen LogP contribution is -2.14. The van der Waals surface area contributed by atoms with E-state index in [4.69, 9.17) is 9.47 Å². The van der Waals surface area contributed by atoms with Crippen LogP contribution < -0.4 is 14.8 Å². The van der Waals surface area contributed by atoms with Crippen molar-refractivity contribution in [2.24, 2.45) is 0 Å². The molecule has 0 aliphatic carbocycles. The van der Waals surface area contributed by atoms with Gasteiger partial charge in [0.15, 0.2) is 11.5 Å². The number of nitriles is 1. The number of amides is 1. The molecule has 3 aromatic carbocycles. The number of hydrogen-bond acceptors (Lipinski definition) is 4. The van der Waals surface area contributed by atoms with Crippen molar-refractivity contribution >= 4 is 65.5 Å². The zero-order chi connectivity index (χ0) is 24.0.